The monoisotopic (exact) mass is 241 g/mol. The lowest BCUT2D eigenvalue weighted by Gasteiger charge is -2.56. The Hall–Kier alpha value is -0.610. The Balaban J connectivity index is 1.60. The molecule has 4 heteroatoms. The Labute approximate surface area is 103 Å². The van der Waals surface area contributed by atoms with Crippen molar-refractivity contribution in [1.82, 2.24) is 0 Å². The summed E-state index contributed by atoms with van der Waals surface area (Å²) >= 11 is 0. The number of esters is 1. The Morgan fingerprint density at radius 2 is 1.88 bits per heavy atom. The van der Waals surface area contributed by atoms with Crippen molar-refractivity contribution in [3.05, 3.63) is 0 Å². The number of hydrogen-bond donors (Lipinski definition) is 1. The zero-order chi connectivity index (χ0) is 12.7. The molecule has 2 rings (SSSR count). The molecule has 17 heavy (non-hydrogen) atoms. The van der Waals surface area contributed by atoms with E-state index < -0.39 is 5.60 Å². The molecule has 2 N–H and O–H groups in total. The molecule has 0 aromatic carbocycles. The third-order valence-electron chi connectivity index (χ3n) is 3.57. The number of hydrogen-bond acceptors (Lipinski definition) is 4. The van der Waals surface area contributed by atoms with Crippen LogP contribution in [0.3, 0.4) is 0 Å². The van der Waals surface area contributed by atoms with Gasteiger partial charge in [-0.1, -0.05) is 0 Å². The molecular weight excluding hydrogens is 218 g/mol. The van der Waals surface area contributed by atoms with E-state index in [4.69, 9.17) is 15.2 Å². The normalized spacial score (nSPS) is 36.2. The van der Waals surface area contributed by atoms with Crippen molar-refractivity contribution in [2.75, 3.05) is 6.61 Å². The van der Waals surface area contributed by atoms with Crippen molar-refractivity contribution in [2.45, 2.75) is 64.2 Å². The maximum Gasteiger partial charge on any atom is 0.332 e. The molecule has 2 aliphatic carbocycles. The molecule has 0 radical (unpaired) electrons. The first kappa shape index (κ1) is 12.8. The predicted molar refractivity (Wildman–Crippen MR) is 64.5 cm³/mol. The summed E-state index contributed by atoms with van der Waals surface area (Å²) in [5, 5.41) is 0. The SMILES string of the molecule is CC(C)(C)OC(=O)COC1CC2(CC(N)C2)C1. The van der Waals surface area contributed by atoms with E-state index in [1.165, 1.54) is 0 Å². The van der Waals surface area contributed by atoms with Crippen molar-refractivity contribution in [3.63, 3.8) is 0 Å². The number of ether oxygens (including phenoxy) is 2. The number of nitrogens with two attached hydrogens (primary N) is 1. The maximum atomic E-state index is 11.4. The Kier molecular flexibility index (Phi) is 3.21. The van der Waals surface area contributed by atoms with E-state index in [1.807, 2.05) is 20.8 Å². The summed E-state index contributed by atoms with van der Waals surface area (Å²) in [6.07, 6.45) is 4.60. The largest absolute Gasteiger partial charge is 0.458 e. The van der Waals surface area contributed by atoms with E-state index in [0.29, 0.717) is 11.5 Å². The van der Waals surface area contributed by atoms with Gasteiger partial charge in [0.15, 0.2) is 0 Å². The second-order valence-electron chi connectivity index (χ2n) is 6.60. The molecule has 98 valence electrons. The van der Waals surface area contributed by atoms with Crippen LogP contribution in [-0.2, 0) is 14.3 Å². The van der Waals surface area contributed by atoms with Gasteiger partial charge in [0.25, 0.3) is 0 Å². The summed E-state index contributed by atoms with van der Waals surface area (Å²) < 4.78 is 10.7. The van der Waals surface area contributed by atoms with E-state index in [1.54, 1.807) is 0 Å². The third-order valence-corrected chi connectivity index (χ3v) is 3.57. The van der Waals surface area contributed by atoms with Gasteiger partial charge in [-0.05, 0) is 51.9 Å². The van der Waals surface area contributed by atoms with Crippen molar-refractivity contribution in [1.29, 1.82) is 0 Å². The second kappa shape index (κ2) is 4.25. The minimum absolute atomic E-state index is 0.0735. The predicted octanol–water partition coefficient (Wildman–Crippen LogP) is 1.61. The average molecular weight is 241 g/mol. The van der Waals surface area contributed by atoms with Crippen LogP contribution < -0.4 is 5.73 Å². The molecule has 0 bridgehead atoms. The molecule has 4 nitrogen and oxygen atoms in total. The van der Waals surface area contributed by atoms with Gasteiger partial charge in [0.05, 0.1) is 6.10 Å². The van der Waals surface area contributed by atoms with Crippen LogP contribution in [0.2, 0.25) is 0 Å². The van der Waals surface area contributed by atoms with Crippen LogP contribution in [0.4, 0.5) is 0 Å². The minimum atomic E-state index is -0.429. The third kappa shape index (κ3) is 3.19. The van der Waals surface area contributed by atoms with Gasteiger partial charge < -0.3 is 15.2 Å². The summed E-state index contributed by atoms with van der Waals surface area (Å²) in [5.41, 5.74) is 5.81. The smallest absolute Gasteiger partial charge is 0.332 e. The van der Waals surface area contributed by atoms with Crippen LogP contribution in [0.5, 0.6) is 0 Å². The second-order valence-corrected chi connectivity index (χ2v) is 6.60. The molecule has 0 aliphatic heterocycles. The van der Waals surface area contributed by atoms with Crippen molar-refractivity contribution >= 4 is 5.97 Å². The van der Waals surface area contributed by atoms with Crippen molar-refractivity contribution < 1.29 is 14.3 Å². The highest BCUT2D eigenvalue weighted by Crippen LogP contribution is 2.56. The Bertz CT molecular complexity index is 294. The van der Waals surface area contributed by atoms with Gasteiger partial charge in [-0.3, -0.25) is 0 Å². The van der Waals surface area contributed by atoms with Gasteiger partial charge in [0, 0.05) is 6.04 Å². The quantitative estimate of drug-likeness (QED) is 0.763. The maximum absolute atomic E-state index is 11.4. The van der Waals surface area contributed by atoms with Crippen LogP contribution in [0.1, 0.15) is 46.5 Å². The zero-order valence-electron chi connectivity index (χ0n) is 11.0. The fraction of sp³-hybridized carbons (Fsp3) is 0.923. The standard InChI is InChI=1S/C13H23NO3/c1-12(2,3)17-11(15)8-16-10-6-13(7-10)4-9(14)5-13/h9-10H,4-8,14H2,1-3H3. The van der Waals surface area contributed by atoms with E-state index in [-0.39, 0.29) is 18.7 Å². The molecule has 2 fully saturated rings. The molecule has 0 heterocycles. The minimum Gasteiger partial charge on any atom is -0.458 e. The highest BCUT2D eigenvalue weighted by molar-refractivity contribution is 5.71. The van der Waals surface area contributed by atoms with Gasteiger partial charge in [-0.15, -0.1) is 0 Å². The molecular formula is C13H23NO3. The van der Waals surface area contributed by atoms with Gasteiger partial charge in [-0.25, -0.2) is 4.79 Å². The van der Waals surface area contributed by atoms with Gasteiger partial charge >= 0.3 is 5.97 Å². The molecule has 2 saturated carbocycles. The molecule has 2 aliphatic rings. The number of rotatable bonds is 3. The Morgan fingerprint density at radius 1 is 1.29 bits per heavy atom. The molecule has 0 saturated heterocycles. The first-order valence-electron chi connectivity index (χ1n) is 6.37. The number of carbonyl (C=O) groups is 1. The van der Waals surface area contributed by atoms with E-state index in [9.17, 15) is 4.79 Å². The summed E-state index contributed by atoms with van der Waals surface area (Å²) in [5.74, 6) is -0.274. The van der Waals surface area contributed by atoms with Crippen LogP contribution >= 0.6 is 0 Å². The van der Waals surface area contributed by atoms with Gasteiger partial charge in [-0.2, -0.15) is 0 Å². The fourth-order valence-electron chi connectivity index (χ4n) is 2.97. The lowest BCUT2D eigenvalue weighted by molar-refractivity contribution is -0.172. The lowest BCUT2D eigenvalue weighted by atomic mass is 9.53. The molecule has 0 unspecified atom stereocenters. The summed E-state index contributed by atoms with van der Waals surface area (Å²) in [4.78, 5) is 11.4. The highest BCUT2D eigenvalue weighted by atomic mass is 16.6. The molecule has 1 spiro atoms. The molecule has 0 aromatic rings. The topological polar surface area (TPSA) is 61.5 Å². The fourth-order valence-corrected chi connectivity index (χ4v) is 2.97. The summed E-state index contributed by atoms with van der Waals surface area (Å²) in [7, 11) is 0. The molecule has 0 aromatic heterocycles. The van der Waals surface area contributed by atoms with Gasteiger partial charge in [0.1, 0.15) is 12.2 Å². The molecule has 0 amide bonds. The number of carbonyl (C=O) groups excluding carboxylic acids is 1. The summed E-state index contributed by atoms with van der Waals surface area (Å²) in [6, 6.07) is 0.391. The first-order chi connectivity index (χ1) is 7.78. The first-order valence-corrected chi connectivity index (χ1v) is 6.37. The van der Waals surface area contributed by atoms with Crippen LogP contribution in [0, 0.1) is 5.41 Å². The summed E-state index contributed by atoms with van der Waals surface area (Å²) in [6.45, 7) is 5.65. The zero-order valence-corrected chi connectivity index (χ0v) is 11.0. The van der Waals surface area contributed by atoms with E-state index in [2.05, 4.69) is 0 Å². The van der Waals surface area contributed by atoms with Crippen LogP contribution in [-0.4, -0.2) is 30.3 Å². The van der Waals surface area contributed by atoms with Crippen LogP contribution in [0.25, 0.3) is 0 Å². The average Bonchev–Trinajstić information content (AvgIpc) is 2.03. The van der Waals surface area contributed by atoms with Crippen LogP contribution in [0.15, 0.2) is 0 Å². The van der Waals surface area contributed by atoms with Crippen molar-refractivity contribution in [2.24, 2.45) is 11.1 Å². The lowest BCUT2D eigenvalue weighted by Crippen LogP contribution is -2.56. The van der Waals surface area contributed by atoms with E-state index in [0.717, 1.165) is 25.7 Å². The van der Waals surface area contributed by atoms with Gasteiger partial charge in [0.2, 0.25) is 0 Å². The van der Waals surface area contributed by atoms with Crippen molar-refractivity contribution in [3.8, 4) is 0 Å². The Morgan fingerprint density at radius 3 is 2.35 bits per heavy atom. The highest BCUT2D eigenvalue weighted by Gasteiger charge is 2.52. The molecule has 0 atom stereocenters. The van der Waals surface area contributed by atoms with E-state index >= 15 is 0 Å².